The van der Waals surface area contributed by atoms with Crippen LogP contribution in [0.2, 0.25) is 0 Å². The fourth-order valence-electron chi connectivity index (χ4n) is 1.65. The molecule has 6 nitrogen and oxygen atoms in total. The molecule has 0 aliphatic rings. The van der Waals surface area contributed by atoms with Gasteiger partial charge in [0.1, 0.15) is 0 Å². The molecular formula is C12H14N4O2. The molecule has 5 N–H and O–H groups in total. The lowest BCUT2D eigenvalue weighted by atomic mass is 10.1. The lowest BCUT2D eigenvalue weighted by molar-refractivity contribution is 0.0954. The maximum Gasteiger partial charge on any atom is 0.312 e. The van der Waals surface area contributed by atoms with E-state index in [0.29, 0.717) is 18.7 Å². The number of carbonyl (C=O) groups is 2. The van der Waals surface area contributed by atoms with Crippen molar-refractivity contribution in [3.63, 3.8) is 0 Å². The number of rotatable bonds is 4. The molecule has 94 valence electrons. The van der Waals surface area contributed by atoms with Crippen LogP contribution in [0.25, 0.3) is 10.9 Å². The molecule has 0 aliphatic heterocycles. The number of benzene rings is 1. The maximum absolute atomic E-state index is 11.8. The van der Waals surface area contributed by atoms with Crippen LogP contribution in [0.1, 0.15) is 10.4 Å². The van der Waals surface area contributed by atoms with E-state index < -0.39 is 6.03 Å². The standard InChI is InChI=1S/C12H14N4O2/c13-12(18)16-6-5-15-11(17)9-2-1-8-3-4-14-10(8)7-9/h1-4,7,14H,5-6H2,(H,15,17)(H3,13,16,18). The van der Waals surface area contributed by atoms with Gasteiger partial charge >= 0.3 is 6.03 Å². The summed E-state index contributed by atoms with van der Waals surface area (Å²) in [5.41, 5.74) is 6.39. The predicted molar refractivity (Wildman–Crippen MR) is 68.2 cm³/mol. The monoisotopic (exact) mass is 246 g/mol. The van der Waals surface area contributed by atoms with Gasteiger partial charge in [0.25, 0.3) is 5.91 Å². The fourth-order valence-corrected chi connectivity index (χ4v) is 1.65. The SMILES string of the molecule is NC(=O)NCCNC(=O)c1ccc2cc[nH]c2c1. The minimum absolute atomic E-state index is 0.183. The highest BCUT2D eigenvalue weighted by Crippen LogP contribution is 2.13. The number of H-pyrrole nitrogens is 1. The molecule has 0 bridgehead atoms. The molecule has 0 aliphatic carbocycles. The second kappa shape index (κ2) is 5.22. The molecule has 3 amide bonds. The summed E-state index contributed by atoms with van der Waals surface area (Å²) in [5, 5.41) is 6.14. The van der Waals surface area contributed by atoms with Gasteiger partial charge in [-0.3, -0.25) is 4.79 Å². The molecule has 0 saturated heterocycles. The van der Waals surface area contributed by atoms with Gasteiger partial charge in [-0.25, -0.2) is 4.79 Å². The van der Waals surface area contributed by atoms with Crippen molar-refractivity contribution < 1.29 is 9.59 Å². The zero-order chi connectivity index (χ0) is 13.0. The van der Waals surface area contributed by atoms with E-state index in [9.17, 15) is 9.59 Å². The van der Waals surface area contributed by atoms with Crippen LogP contribution in [0.4, 0.5) is 4.79 Å². The number of fused-ring (bicyclic) bond motifs is 1. The van der Waals surface area contributed by atoms with Crippen molar-refractivity contribution in [3.05, 3.63) is 36.0 Å². The number of nitrogens with two attached hydrogens (primary N) is 1. The third-order valence-corrected chi connectivity index (χ3v) is 2.53. The van der Waals surface area contributed by atoms with Crippen molar-refractivity contribution in [1.29, 1.82) is 0 Å². The van der Waals surface area contributed by atoms with Gasteiger partial charge in [0.05, 0.1) is 0 Å². The quantitative estimate of drug-likeness (QED) is 0.593. The summed E-state index contributed by atoms with van der Waals surface area (Å²) < 4.78 is 0. The van der Waals surface area contributed by atoms with Crippen LogP contribution >= 0.6 is 0 Å². The maximum atomic E-state index is 11.8. The van der Waals surface area contributed by atoms with E-state index in [1.807, 2.05) is 18.3 Å². The lowest BCUT2D eigenvalue weighted by Gasteiger charge is -2.05. The van der Waals surface area contributed by atoms with E-state index in [-0.39, 0.29) is 5.91 Å². The first-order valence-electron chi connectivity index (χ1n) is 5.55. The average Bonchev–Trinajstić information content (AvgIpc) is 2.81. The minimum Gasteiger partial charge on any atom is -0.361 e. The molecule has 1 aromatic carbocycles. The Hall–Kier alpha value is -2.50. The number of hydrogen-bond donors (Lipinski definition) is 4. The molecule has 0 saturated carbocycles. The van der Waals surface area contributed by atoms with Crippen molar-refractivity contribution in [2.24, 2.45) is 5.73 Å². The van der Waals surface area contributed by atoms with E-state index in [1.165, 1.54) is 0 Å². The molecule has 2 aromatic rings. The average molecular weight is 246 g/mol. The summed E-state index contributed by atoms with van der Waals surface area (Å²) in [4.78, 5) is 25.3. The van der Waals surface area contributed by atoms with Crippen molar-refractivity contribution in [2.45, 2.75) is 0 Å². The van der Waals surface area contributed by atoms with E-state index in [2.05, 4.69) is 15.6 Å². The summed E-state index contributed by atoms with van der Waals surface area (Å²) in [6, 6.07) is 6.76. The molecule has 1 aromatic heterocycles. The topological polar surface area (TPSA) is 100 Å². The molecule has 1 heterocycles. The van der Waals surface area contributed by atoms with Gasteiger partial charge < -0.3 is 21.4 Å². The Labute approximate surface area is 104 Å². The zero-order valence-corrected chi connectivity index (χ0v) is 9.69. The number of carbonyl (C=O) groups excluding carboxylic acids is 2. The van der Waals surface area contributed by atoms with Crippen molar-refractivity contribution in [3.8, 4) is 0 Å². The summed E-state index contributed by atoms with van der Waals surface area (Å²) in [6.45, 7) is 0.649. The number of aromatic nitrogens is 1. The molecule has 6 heteroatoms. The van der Waals surface area contributed by atoms with Crippen LogP contribution < -0.4 is 16.4 Å². The van der Waals surface area contributed by atoms with Gasteiger partial charge in [0.2, 0.25) is 0 Å². The third kappa shape index (κ3) is 2.79. The molecule has 0 fully saturated rings. The Morgan fingerprint density at radius 1 is 1.17 bits per heavy atom. The van der Waals surface area contributed by atoms with Crippen LogP contribution in [0.15, 0.2) is 30.5 Å². The molecule has 0 unspecified atom stereocenters. The normalized spacial score (nSPS) is 10.2. The minimum atomic E-state index is -0.600. The first-order chi connectivity index (χ1) is 8.66. The van der Waals surface area contributed by atoms with Crippen molar-refractivity contribution in [2.75, 3.05) is 13.1 Å². The van der Waals surface area contributed by atoms with Gasteiger partial charge in [0.15, 0.2) is 0 Å². The lowest BCUT2D eigenvalue weighted by Crippen LogP contribution is -2.37. The van der Waals surface area contributed by atoms with Gasteiger partial charge in [-0.05, 0) is 23.6 Å². The molecule has 2 rings (SSSR count). The number of amides is 3. The van der Waals surface area contributed by atoms with Crippen LogP contribution in [-0.2, 0) is 0 Å². The third-order valence-electron chi connectivity index (χ3n) is 2.53. The van der Waals surface area contributed by atoms with E-state index in [4.69, 9.17) is 5.73 Å². The number of hydrogen-bond acceptors (Lipinski definition) is 2. The molecule has 0 spiro atoms. The van der Waals surface area contributed by atoms with Crippen molar-refractivity contribution in [1.82, 2.24) is 15.6 Å². The first kappa shape index (κ1) is 12.0. The van der Waals surface area contributed by atoms with Crippen LogP contribution in [-0.4, -0.2) is 30.0 Å². The van der Waals surface area contributed by atoms with Gasteiger partial charge in [-0.1, -0.05) is 6.07 Å². The highest BCUT2D eigenvalue weighted by Gasteiger charge is 2.06. The highest BCUT2D eigenvalue weighted by molar-refractivity contribution is 5.97. The second-order valence-corrected chi connectivity index (χ2v) is 3.83. The number of primary amides is 1. The second-order valence-electron chi connectivity index (χ2n) is 3.83. The summed E-state index contributed by atoms with van der Waals surface area (Å²) in [5.74, 6) is -0.183. The first-order valence-corrected chi connectivity index (χ1v) is 5.55. The molecule has 0 atom stereocenters. The van der Waals surface area contributed by atoms with Gasteiger partial charge in [-0.2, -0.15) is 0 Å². The van der Waals surface area contributed by atoms with E-state index >= 15 is 0 Å². The number of aromatic amines is 1. The molecule has 18 heavy (non-hydrogen) atoms. The Morgan fingerprint density at radius 3 is 2.72 bits per heavy atom. The number of nitrogens with one attached hydrogen (secondary N) is 3. The predicted octanol–water partition coefficient (Wildman–Crippen LogP) is 0.566. The van der Waals surface area contributed by atoms with Gasteiger partial charge in [-0.15, -0.1) is 0 Å². The molecule has 0 radical (unpaired) electrons. The smallest absolute Gasteiger partial charge is 0.312 e. The zero-order valence-electron chi connectivity index (χ0n) is 9.69. The highest BCUT2D eigenvalue weighted by atomic mass is 16.2. The van der Waals surface area contributed by atoms with Crippen LogP contribution in [0.5, 0.6) is 0 Å². The largest absolute Gasteiger partial charge is 0.361 e. The Kier molecular flexibility index (Phi) is 3.47. The summed E-state index contributed by atoms with van der Waals surface area (Å²) >= 11 is 0. The molecular weight excluding hydrogens is 232 g/mol. The van der Waals surface area contributed by atoms with Crippen molar-refractivity contribution >= 4 is 22.8 Å². The Bertz CT molecular complexity index is 576. The van der Waals surface area contributed by atoms with Gasteiger partial charge in [0, 0.05) is 30.4 Å². The fraction of sp³-hybridized carbons (Fsp3) is 0.167. The van der Waals surface area contributed by atoms with Crippen LogP contribution in [0.3, 0.4) is 0 Å². The summed E-state index contributed by atoms with van der Waals surface area (Å²) in [6.07, 6.45) is 1.82. The van der Waals surface area contributed by atoms with E-state index in [0.717, 1.165) is 10.9 Å². The Balaban J connectivity index is 1.93. The number of urea groups is 1. The van der Waals surface area contributed by atoms with E-state index in [1.54, 1.807) is 12.1 Å². The summed E-state index contributed by atoms with van der Waals surface area (Å²) in [7, 11) is 0. The van der Waals surface area contributed by atoms with Crippen LogP contribution in [0, 0.1) is 0 Å². The Morgan fingerprint density at radius 2 is 1.94 bits per heavy atom.